The first kappa shape index (κ1) is 23.7. The number of nitrogens with one attached hydrogen (secondary N) is 1. The van der Waals surface area contributed by atoms with Crippen molar-refractivity contribution in [3.05, 3.63) is 42.5 Å². The normalized spacial score (nSPS) is 15.1. The van der Waals surface area contributed by atoms with E-state index in [1.54, 1.807) is 24.3 Å². The quantitative estimate of drug-likeness (QED) is 0.642. The third-order valence-electron chi connectivity index (χ3n) is 5.22. The number of rotatable bonds is 8. The molecule has 1 atom stereocenters. The molecule has 0 bridgehead atoms. The van der Waals surface area contributed by atoms with Gasteiger partial charge in [-0.3, -0.25) is 9.10 Å². The van der Waals surface area contributed by atoms with Crippen LogP contribution in [-0.2, 0) is 19.6 Å². The largest absolute Gasteiger partial charge is 0.493 e. The maximum absolute atomic E-state index is 12.9. The summed E-state index contributed by atoms with van der Waals surface area (Å²) in [5, 5.41) is 2.80. The second-order valence-corrected chi connectivity index (χ2v) is 9.27. The molecule has 0 radical (unpaired) electrons. The number of amides is 1. The molecule has 1 heterocycles. The molecule has 0 spiro atoms. The molecule has 1 amide bonds. The van der Waals surface area contributed by atoms with E-state index in [0.29, 0.717) is 36.1 Å². The molecule has 0 unspecified atom stereocenters. The zero-order chi connectivity index (χ0) is 23.3. The summed E-state index contributed by atoms with van der Waals surface area (Å²) in [6.45, 7) is 4.55. The van der Waals surface area contributed by atoms with Crippen LogP contribution in [0.3, 0.4) is 0 Å². The summed E-state index contributed by atoms with van der Waals surface area (Å²) in [7, 11) is -0.809. The number of ether oxygens (including phenoxy) is 3. The van der Waals surface area contributed by atoms with Gasteiger partial charge in [0.2, 0.25) is 15.9 Å². The van der Waals surface area contributed by atoms with Gasteiger partial charge in [-0.05, 0) is 43.3 Å². The Morgan fingerprint density at radius 1 is 1.06 bits per heavy atom. The molecule has 1 aliphatic heterocycles. The SMILES string of the molecule is COc1ccc(N([C@@H](C)C(=O)Nc2ccc(N3CCOCC3)cc2)S(C)(=O)=O)cc1OC. The first-order valence-electron chi connectivity index (χ1n) is 10.2. The number of carbonyl (C=O) groups excluding carboxylic acids is 1. The fourth-order valence-electron chi connectivity index (χ4n) is 3.59. The van der Waals surface area contributed by atoms with Crippen molar-refractivity contribution < 1.29 is 27.4 Å². The maximum atomic E-state index is 12.9. The average molecular weight is 464 g/mol. The van der Waals surface area contributed by atoms with Crippen LogP contribution in [0.15, 0.2) is 42.5 Å². The monoisotopic (exact) mass is 463 g/mol. The van der Waals surface area contributed by atoms with Crippen molar-refractivity contribution in [1.29, 1.82) is 0 Å². The second-order valence-electron chi connectivity index (χ2n) is 7.41. The van der Waals surface area contributed by atoms with E-state index in [0.717, 1.165) is 29.3 Å². The van der Waals surface area contributed by atoms with E-state index >= 15 is 0 Å². The van der Waals surface area contributed by atoms with Gasteiger partial charge in [-0.25, -0.2) is 8.42 Å². The Bertz CT molecular complexity index is 1040. The zero-order valence-corrected chi connectivity index (χ0v) is 19.5. The molecule has 10 heteroatoms. The van der Waals surface area contributed by atoms with Crippen LogP contribution in [-0.4, -0.2) is 67.1 Å². The third kappa shape index (κ3) is 5.43. The second kappa shape index (κ2) is 10.1. The summed E-state index contributed by atoms with van der Waals surface area (Å²) in [6.07, 6.45) is 1.06. The summed E-state index contributed by atoms with van der Waals surface area (Å²) in [5.41, 5.74) is 1.93. The van der Waals surface area contributed by atoms with E-state index in [9.17, 15) is 13.2 Å². The van der Waals surface area contributed by atoms with Gasteiger partial charge in [-0.2, -0.15) is 0 Å². The van der Waals surface area contributed by atoms with Gasteiger partial charge in [-0.15, -0.1) is 0 Å². The minimum atomic E-state index is -3.76. The van der Waals surface area contributed by atoms with Gasteiger partial charge in [-0.1, -0.05) is 0 Å². The molecule has 1 saturated heterocycles. The number of sulfonamides is 1. The number of benzene rings is 2. The van der Waals surface area contributed by atoms with E-state index < -0.39 is 22.0 Å². The van der Waals surface area contributed by atoms with Crippen LogP contribution in [0.1, 0.15) is 6.92 Å². The van der Waals surface area contributed by atoms with Crippen molar-refractivity contribution in [3.8, 4) is 11.5 Å². The van der Waals surface area contributed by atoms with Gasteiger partial charge < -0.3 is 24.4 Å². The number of anilines is 3. The first-order chi connectivity index (χ1) is 15.2. The smallest absolute Gasteiger partial charge is 0.247 e. The minimum Gasteiger partial charge on any atom is -0.493 e. The number of carbonyl (C=O) groups is 1. The highest BCUT2D eigenvalue weighted by atomic mass is 32.2. The molecule has 9 nitrogen and oxygen atoms in total. The van der Waals surface area contributed by atoms with Crippen molar-refractivity contribution in [2.75, 3.05) is 61.3 Å². The van der Waals surface area contributed by atoms with E-state index in [-0.39, 0.29) is 0 Å². The van der Waals surface area contributed by atoms with Gasteiger partial charge in [0.25, 0.3) is 0 Å². The topological polar surface area (TPSA) is 97.4 Å². The third-order valence-corrected chi connectivity index (χ3v) is 6.46. The van der Waals surface area contributed by atoms with E-state index in [1.165, 1.54) is 27.2 Å². The van der Waals surface area contributed by atoms with Gasteiger partial charge >= 0.3 is 0 Å². The Hall–Kier alpha value is -2.98. The molecule has 32 heavy (non-hydrogen) atoms. The Kier molecular flexibility index (Phi) is 7.47. The predicted octanol–water partition coefficient (Wildman–Crippen LogP) is 2.33. The highest BCUT2D eigenvalue weighted by Crippen LogP contribution is 2.33. The Labute approximate surface area is 188 Å². The fraction of sp³-hybridized carbons (Fsp3) is 0.409. The Balaban J connectivity index is 1.78. The van der Waals surface area contributed by atoms with Gasteiger partial charge in [0.1, 0.15) is 6.04 Å². The predicted molar refractivity (Wildman–Crippen MR) is 124 cm³/mol. The molecular weight excluding hydrogens is 434 g/mol. The van der Waals surface area contributed by atoms with E-state index in [1.807, 2.05) is 12.1 Å². The standard InChI is InChI=1S/C22H29N3O6S/c1-16(25(32(4,27)28)19-9-10-20(29-2)21(15-19)30-3)22(26)23-17-5-7-18(8-6-17)24-11-13-31-14-12-24/h5-10,15-16H,11-14H2,1-4H3,(H,23,26)/t16-/m0/s1. The fourth-order valence-corrected chi connectivity index (χ4v) is 4.76. The van der Waals surface area contributed by atoms with Crippen molar-refractivity contribution >= 4 is 33.0 Å². The van der Waals surface area contributed by atoms with Crippen LogP contribution < -0.4 is 24.0 Å². The molecule has 1 fully saturated rings. The van der Waals surface area contributed by atoms with E-state index in [4.69, 9.17) is 14.2 Å². The molecule has 1 N–H and O–H groups in total. The molecule has 2 aromatic rings. The molecule has 1 aliphatic rings. The summed E-state index contributed by atoms with van der Waals surface area (Å²) >= 11 is 0. The number of nitrogens with zero attached hydrogens (tertiary/aromatic N) is 2. The highest BCUT2D eigenvalue weighted by molar-refractivity contribution is 7.92. The van der Waals surface area contributed by atoms with Gasteiger partial charge in [0, 0.05) is 30.5 Å². The van der Waals surface area contributed by atoms with Gasteiger partial charge in [0.05, 0.1) is 39.4 Å². The molecule has 3 rings (SSSR count). The van der Waals surface area contributed by atoms with Crippen LogP contribution >= 0.6 is 0 Å². The highest BCUT2D eigenvalue weighted by Gasteiger charge is 2.30. The van der Waals surface area contributed by atoms with Crippen molar-refractivity contribution in [1.82, 2.24) is 0 Å². The zero-order valence-electron chi connectivity index (χ0n) is 18.7. The molecule has 0 aliphatic carbocycles. The molecule has 174 valence electrons. The van der Waals surface area contributed by atoms with Crippen LogP contribution in [0.4, 0.5) is 17.1 Å². The lowest BCUT2D eigenvalue weighted by atomic mass is 10.2. The summed E-state index contributed by atoms with van der Waals surface area (Å²) < 4.78 is 42.0. The van der Waals surface area contributed by atoms with Crippen LogP contribution in [0.5, 0.6) is 11.5 Å². The lowest BCUT2D eigenvalue weighted by molar-refractivity contribution is -0.116. The Morgan fingerprint density at radius 3 is 2.25 bits per heavy atom. The number of methoxy groups -OCH3 is 2. The lowest BCUT2D eigenvalue weighted by Gasteiger charge is -2.29. The van der Waals surface area contributed by atoms with Crippen molar-refractivity contribution in [2.24, 2.45) is 0 Å². The van der Waals surface area contributed by atoms with Gasteiger partial charge in [0.15, 0.2) is 11.5 Å². The van der Waals surface area contributed by atoms with E-state index in [2.05, 4.69) is 10.2 Å². The number of morpholine rings is 1. The van der Waals surface area contributed by atoms with Crippen LogP contribution in [0, 0.1) is 0 Å². The number of hydrogen-bond donors (Lipinski definition) is 1. The summed E-state index contributed by atoms with van der Waals surface area (Å²) in [6, 6.07) is 11.2. The molecule has 0 saturated carbocycles. The summed E-state index contributed by atoms with van der Waals surface area (Å²) in [4.78, 5) is 15.1. The number of hydrogen-bond acceptors (Lipinski definition) is 7. The van der Waals surface area contributed by atoms with Crippen LogP contribution in [0.25, 0.3) is 0 Å². The molecule has 2 aromatic carbocycles. The summed E-state index contributed by atoms with van der Waals surface area (Å²) in [5.74, 6) is 0.372. The van der Waals surface area contributed by atoms with Crippen molar-refractivity contribution in [2.45, 2.75) is 13.0 Å². The Morgan fingerprint density at radius 2 is 1.69 bits per heavy atom. The maximum Gasteiger partial charge on any atom is 0.247 e. The van der Waals surface area contributed by atoms with Crippen LogP contribution in [0.2, 0.25) is 0 Å². The lowest BCUT2D eigenvalue weighted by Crippen LogP contribution is -2.45. The minimum absolute atomic E-state index is 0.301. The first-order valence-corrected chi connectivity index (χ1v) is 12.0. The van der Waals surface area contributed by atoms with Crippen molar-refractivity contribution in [3.63, 3.8) is 0 Å². The molecule has 0 aromatic heterocycles. The molecular formula is C22H29N3O6S. The average Bonchev–Trinajstić information content (AvgIpc) is 2.79.